The lowest BCUT2D eigenvalue weighted by molar-refractivity contribution is 0.101. The summed E-state index contributed by atoms with van der Waals surface area (Å²) in [7, 11) is 1.61. The lowest BCUT2D eigenvalue weighted by atomic mass is 10.2. The highest BCUT2D eigenvalue weighted by Crippen LogP contribution is 2.26. The number of aromatic nitrogens is 3. The number of halogens is 1. The van der Waals surface area contributed by atoms with E-state index in [0.29, 0.717) is 17.3 Å². The summed E-state index contributed by atoms with van der Waals surface area (Å²) in [6.45, 7) is 0. The van der Waals surface area contributed by atoms with E-state index in [9.17, 15) is 4.79 Å². The minimum absolute atomic E-state index is 0.0494. The molecule has 0 fully saturated rings. The number of anilines is 1. The Morgan fingerprint density at radius 2 is 1.44 bits per heavy atom. The zero-order chi connectivity index (χ0) is 24.9. The van der Waals surface area contributed by atoms with Gasteiger partial charge in [-0.3, -0.25) is 4.79 Å². The maximum Gasteiger partial charge on any atom is 0.295 e. The van der Waals surface area contributed by atoms with Crippen LogP contribution in [0.5, 0.6) is 17.2 Å². The van der Waals surface area contributed by atoms with Crippen molar-refractivity contribution in [2.75, 3.05) is 12.4 Å². The molecule has 8 heteroatoms. The molecule has 0 saturated carbocycles. The number of hydrogen-bond donors (Lipinski definition) is 1. The average Bonchev–Trinajstić information content (AvgIpc) is 3.37. The number of para-hydroxylation sites is 1. The number of hydrogen-bond acceptors (Lipinski definition) is 5. The molecule has 7 nitrogen and oxygen atoms in total. The second-order valence-corrected chi connectivity index (χ2v) is 8.69. The molecule has 4 aromatic carbocycles. The van der Waals surface area contributed by atoms with Crippen LogP contribution in [0.4, 0.5) is 5.69 Å². The summed E-state index contributed by atoms with van der Waals surface area (Å²) in [4.78, 5) is 17.6. The van der Waals surface area contributed by atoms with Crippen LogP contribution in [0.15, 0.2) is 108 Å². The first-order chi connectivity index (χ1) is 17.6. The second kappa shape index (κ2) is 10.5. The van der Waals surface area contributed by atoms with Gasteiger partial charge >= 0.3 is 0 Å². The van der Waals surface area contributed by atoms with Crippen LogP contribution >= 0.6 is 15.9 Å². The number of amides is 1. The summed E-state index contributed by atoms with van der Waals surface area (Å²) in [5.74, 6) is 2.30. The number of benzene rings is 4. The lowest BCUT2D eigenvalue weighted by Crippen LogP contribution is -2.14. The van der Waals surface area contributed by atoms with E-state index < -0.39 is 5.91 Å². The Morgan fingerprint density at radius 3 is 2.11 bits per heavy atom. The van der Waals surface area contributed by atoms with Crippen molar-refractivity contribution in [2.24, 2.45) is 0 Å². The molecular formula is C28H21BrN4O3. The van der Waals surface area contributed by atoms with Gasteiger partial charge in [-0.2, -0.15) is 0 Å². The predicted octanol–water partition coefficient (Wildman–Crippen LogP) is 6.75. The second-order valence-electron chi connectivity index (χ2n) is 7.77. The fourth-order valence-corrected chi connectivity index (χ4v) is 3.78. The summed E-state index contributed by atoms with van der Waals surface area (Å²) in [6, 6.07) is 31.7. The van der Waals surface area contributed by atoms with Crippen LogP contribution in [0.25, 0.3) is 17.1 Å². The molecule has 0 unspecified atom stereocenters. The number of nitrogens with one attached hydrogen (secondary N) is 1. The third-order valence-electron chi connectivity index (χ3n) is 5.32. The normalized spacial score (nSPS) is 10.6. The Balaban J connectivity index is 1.40. The molecular weight excluding hydrogens is 520 g/mol. The molecule has 5 rings (SSSR count). The fraction of sp³-hybridized carbons (Fsp3) is 0.0357. The van der Waals surface area contributed by atoms with E-state index >= 15 is 0 Å². The number of methoxy groups -OCH3 is 1. The van der Waals surface area contributed by atoms with E-state index in [1.807, 2.05) is 78.9 Å². The zero-order valence-corrected chi connectivity index (χ0v) is 20.8. The quantitative estimate of drug-likeness (QED) is 0.247. The molecule has 1 N–H and O–H groups in total. The third-order valence-corrected chi connectivity index (χ3v) is 5.85. The van der Waals surface area contributed by atoms with Gasteiger partial charge in [-0.15, -0.1) is 5.10 Å². The number of carbonyl (C=O) groups is 1. The van der Waals surface area contributed by atoms with Gasteiger partial charge in [0.15, 0.2) is 5.82 Å². The highest BCUT2D eigenvalue weighted by molar-refractivity contribution is 9.10. The average molecular weight is 541 g/mol. The molecule has 1 amide bonds. The van der Waals surface area contributed by atoms with Crippen LogP contribution in [-0.4, -0.2) is 27.8 Å². The molecule has 0 atom stereocenters. The number of rotatable bonds is 7. The van der Waals surface area contributed by atoms with Crippen LogP contribution in [-0.2, 0) is 0 Å². The highest BCUT2D eigenvalue weighted by atomic mass is 79.9. The van der Waals surface area contributed by atoms with Gasteiger partial charge in [0.05, 0.1) is 12.8 Å². The van der Waals surface area contributed by atoms with E-state index in [2.05, 4.69) is 31.3 Å². The Hall–Kier alpha value is -4.43. The minimum atomic E-state index is -0.419. The molecule has 1 heterocycles. The number of nitrogens with zero attached hydrogens (tertiary/aromatic N) is 3. The molecule has 0 bridgehead atoms. The van der Waals surface area contributed by atoms with Gasteiger partial charge in [-0.05, 0) is 72.8 Å². The van der Waals surface area contributed by atoms with Gasteiger partial charge in [-0.25, -0.2) is 9.67 Å². The lowest BCUT2D eigenvalue weighted by Gasteiger charge is -2.07. The molecule has 5 aromatic rings. The maximum atomic E-state index is 13.1. The van der Waals surface area contributed by atoms with Crippen molar-refractivity contribution >= 4 is 27.5 Å². The number of carbonyl (C=O) groups excluding carboxylic acids is 1. The molecule has 1 aromatic heterocycles. The van der Waals surface area contributed by atoms with Crippen LogP contribution in [0.1, 0.15) is 10.6 Å². The first-order valence-electron chi connectivity index (χ1n) is 11.1. The standard InChI is InChI=1S/C28H21BrN4O3/c1-35-23-17-13-22(14-18-23)33-27(19-7-9-20(29)10-8-19)31-26(32-33)28(34)30-21-11-15-25(16-12-21)36-24-5-3-2-4-6-24/h2-18H,1H3,(H,30,34). The Labute approximate surface area is 216 Å². The third kappa shape index (κ3) is 5.29. The smallest absolute Gasteiger partial charge is 0.295 e. The summed E-state index contributed by atoms with van der Waals surface area (Å²) in [5.41, 5.74) is 2.18. The van der Waals surface area contributed by atoms with Gasteiger partial charge in [-0.1, -0.05) is 46.3 Å². The zero-order valence-electron chi connectivity index (χ0n) is 19.3. The molecule has 36 heavy (non-hydrogen) atoms. The summed E-state index contributed by atoms with van der Waals surface area (Å²) in [6.07, 6.45) is 0. The van der Waals surface area contributed by atoms with Crippen LogP contribution < -0.4 is 14.8 Å². The van der Waals surface area contributed by atoms with E-state index in [0.717, 1.165) is 27.2 Å². The monoisotopic (exact) mass is 540 g/mol. The topological polar surface area (TPSA) is 78.3 Å². The Morgan fingerprint density at radius 1 is 0.806 bits per heavy atom. The van der Waals surface area contributed by atoms with E-state index in [1.165, 1.54) is 0 Å². The molecule has 0 spiro atoms. The van der Waals surface area contributed by atoms with Crippen LogP contribution in [0.3, 0.4) is 0 Å². The van der Waals surface area contributed by atoms with E-state index in [1.54, 1.807) is 36.1 Å². The summed E-state index contributed by atoms with van der Waals surface area (Å²) >= 11 is 3.46. The Kier molecular flexibility index (Phi) is 6.77. The maximum absolute atomic E-state index is 13.1. The van der Waals surface area contributed by atoms with Gasteiger partial charge in [0.1, 0.15) is 17.2 Å². The van der Waals surface area contributed by atoms with Crippen molar-refractivity contribution in [3.8, 4) is 34.3 Å². The fourth-order valence-electron chi connectivity index (χ4n) is 3.52. The molecule has 0 aliphatic carbocycles. The summed E-state index contributed by atoms with van der Waals surface area (Å²) < 4.78 is 13.7. The van der Waals surface area contributed by atoms with Crippen LogP contribution in [0, 0.1) is 0 Å². The molecule has 0 saturated heterocycles. The van der Waals surface area contributed by atoms with Crippen molar-refractivity contribution < 1.29 is 14.3 Å². The van der Waals surface area contributed by atoms with Gasteiger partial charge in [0.2, 0.25) is 5.82 Å². The predicted molar refractivity (Wildman–Crippen MR) is 142 cm³/mol. The van der Waals surface area contributed by atoms with Crippen molar-refractivity contribution in [3.63, 3.8) is 0 Å². The van der Waals surface area contributed by atoms with Crippen molar-refractivity contribution in [1.82, 2.24) is 14.8 Å². The molecule has 0 aliphatic heterocycles. The van der Waals surface area contributed by atoms with Crippen molar-refractivity contribution in [2.45, 2.75) is 0 Å². The first kappa shape index (κ1) is 23.3. The van der Waals surface area contributed by atoms with Gasteiger partial charge in [0, 0.05) is 15.7 Å². The first-order valence-corrected chi connectivity index (χ1v) is 11.9. The molecule has 0 aliphatic rings. The largest absolute Gasteiger partial charge is 0.497 e. The SMILES string of the molecule is COc1ccc(-n2nc(C(=O)Nc3ccc(Oc4ccccc4)cc3)nc2-c2ccc(Br)cc2)cc1. The van der Waals surface area contributed by atoms with Crippen molar-refractivity contribution in [1.29, 1.82) is 0 Å². The minimum Gasteiger partial charge on any atom is -0.497 e. The molecule has 0 radical (unpaired) electrons. The Bertz CT molecular complexity index is 1470. The van der Waals surface area contributed by atoms with E-state index in [-0.39, 0.29) is 5.82 Å². The van der Waals surface area contributed by atoms with Gasteiger partial charge in [0.25, 0.3) is 5.91 Å². The molecule has 178 valence electrons. The highest BCUT2D eigenvalue weighted by Gasteiger charge is 2.19. The number of ether oxygens (including phenoxy) is 2. The summed E-state index contributed by atoms with van der Waals surface area (Å²) in [5, 5.41) is 7.38. The van der Waals surface area contributed by atoms with E-state index in [4.69, 9.17) is 9.47 Å². The van der Waals surface area contributed by atoms with Gasteiger partial charge < -0.3 is 14.8 Å². The van der Waals surface area contributed by atoms with Crippen molar-refractivity contribution in [3.05, 3.63) is 113 Å². The van der Waals surface area contributed by atoms with Crippen LogP contribution in [0.2, 0.25) is 0 Å².